The third-order valence-corrected chi connectivity index (χ3v) is 3.65. The number of benzene rings is 1. The second kappa shape index (κ2) is 9.53. The van der Waals surface area contributed by atoms with Crippen LogP contribution in [0.15, 0.2) is 30.3 Å². The topological polar surface area (TPSA) is 64.3 Å². The second-order valence-corrected chi connectivity index (χ2v) is 5.57. The van der Waals surface area contributed by atoms with E-state index in [0.29, 0.717) is 19.6 Å². The van der Waals surface area contributed by atoms with Crippen molar-refractivity contribution in [2.75, 3.05) is 19.8 Å². The van der Waals surface area contributed by atoms with Crippen molar-refractivity contribution in [3.63, 3.8) is 0 Å². The summed E-state index contributed by atoms with van der Waals surface area (Å²) in [6, 6.07) is 10.4. The second-order valence-electron chi connectivity index (χ2n) is 5.57. The highest BCUT2D eigenvalue weighted by atomic mass is 16.5. The lowest BCUT2D eigenvalue weighted by Crippen LogP contribution is -2.54. The molecule has 3 N–H and O–H groups in total. The molecule has 0 aliphatic rings. The predicted octanol–water partition coefficient (Wildman–Crippen LogP) is 2.27. The smallest absolute Gasteiger partial charge is 0.237 e. The maximum absolute atomic E-state index is 11.5. The summed E-state index contributed by atoms with van der Waals surface area (Å²) in [7, 11) is 0. The number of hydrogen-bond donors (Lipinski definition) is 2. The van der Waals surface area contributed by atoms with E-state index in [1.165, 1.54) is 5.56 Å². The van der Waals surface area contributed by atoms with Crippen LogP contribution in [0.4, 0.5) is 0 Å². The number of primary amides is 1. The summed E-state index contributed by atoms with van der Waals surface area (Å²) in [6.07, 6.45) is 3.58. The molecule has 21 heavy (non-hydrogen) atoms. The molecule has 0 fully saturated rings. The van der Waals surface area contributed by atoms with Crippen molar-refractivity contribution in [3.8, 4) is 0 Å². The molecule has 1 amide bonds. The highest BCUT2D eigenvalue weighted by molar-refractivity contribution is 5.84. The van der Waals surface area contributed by atoms with Gasteiger partial charge < -0.3 is 15.8 Å². The molecule has 0 saturated heterocycles. The first-order chi connectivity index (χ1) is 10.1. The number of carbonyl (C=O) groups is 1. The van der Waals surface area contributed by atoms with Gasteiger partial charge in [0.2, 0.25) is 5.91 Å². The minimum Gasteiger partial charge on any atom is -0.381 e. The molecule has 1 aromatic rings. The summed E-state index contributed by atoms with van der Waals surface area (Å²) >= 11 is 0. The van der Waals surface area contributed by atoms with E-state index in [1.54, 1.807) is 0 Å². The molecule has 0 bridgehead atoms. The Bertz CT molecular complexity index is 409. The number of nitrogens with two attached hydrogens (primary N) is 1. The van der Waals surface area contributed by atoms with Crippen LogP contribution in [-0.2, 0) is 16.0 Å². The van der Waals surface area contributed by atoms with Crippen molar-refractivity contribution in [2.45, 2.75) is 45.1 Å². The Morgan fingerprint density at radius 1 is 1.29 bits per heavy atom. The van der Waals surface area contributed by atoms with Crippen LogP contribution in [-0.4, -0.2) is 31.2 Å². The number of aryl methyl sites for hydroxylation is 1. The van der Waals surface area contributed by atoms with Crippen LogP contribution < -0.4 is 11.1 Å². The quantitative estimate of drug-likeness (QED) is 0.615. The van der Waals surface area contributed by atoms with Crippen molar-refractivity contribution in [2.24, 2.45) is 5.73 Å². The van der Waals surface area contributed by atoms with Gasteiger partial charge in [0.25, 0.3) is 0 Å². The molecule has 0 radical (unpaired) electrons. The van der Waals surface area contributed by atoms with E-state index in [1.807, 2.05) is 25.1 Å². The fraction of sp³-hybridized carbons (Fsp3) is 0.588. The van der Waals surface area contributed by atoms with Gasteiger partial charge in [-0.1, -0.05) is 37.3 Å². The summed E-state index contributed by atoms with van der Waals surface area (Å²) in [5, 5.41) is 3.21. The van der Waals surface area contributed by atoms with Crippen LogP contribution in [0, 0.1) is 0 Å². The van der Waals surface area contributed by atoms with Crippen molar-refractivity contribution in [1.29, 1.82) is 0 Å². The van der Waals surface area contributed by atoms with Gasteiger partial charge in [0.15, 0.2) is 0 Å². The lowest BCUT2D eigenvalue weighted by atomic mass is 9.97. The van der Waals surface area contributed by atoms with Gasteiger partial charge in [-0.25, -0.2) is 0 Å². The van der Waals surface area contributed by atoms with Gasteiger partial charge in [0.1, 0.15) is 0 Å². The lowest BCUT2D eigenvalue weighted by molar-refractivity contribution is -0.124. The van der Waals surface area contributed by atoms with E-state index in [-0.39, 0.29) is 5.91 Å². The van der Waals surface area contributed by atoms with E-state index >= 15 is 0 Å². The van der Waals surface area contributed by atoms with Crippen LogP contribution in [0.25, 0.3) is 0 Å². The van der Waals surface area contributed by atoms with E-state index < -0.39 is 5.54 Å². The van der Waals surface area contributed by atoms with Gasteiger partial charge in [0, 0.05) is 13.2 Å². The van der Waals surface area contributed by atoms with Gasteiger partial charge in [-0.2, -0.15) is 0 Å². The minimum atomic E-state index is -0.671. The average molecular weight is 292 g/mol. The SMILES string of the molecule is CCCNC(C)(CCOCCCc1ccccc1)C(N)=O. The highest BCUT2D eigenvalue weighted by Gasteiger charge is 2.29. The zero-order valence-electron chi connectivity index (χ0n) is 13.2. The van der Waals surface area contributed by atoms with E-state index in [9.17, 15) is 4.79 Å². The fourth-order valence-electron chi connectivity index (χ4n) is 2.10. The summed E-state index contributed by atoms with van der Waals surface area (Å²) in [5.41, 5.74) is 6.13. The number of ether oxygens (including phenoxy) is 1. The van der Waals surface area contributed by atoms with E-state index in [2.05, 4.69) is 24.4 Å². The van der Waals surface area contributed by atoms with Crippen LogP contribution in [0.2, 0.25) is 0 Å². The standard InChI is InChI=1S/C17H28N2O2/c1-3-12-19-17(2,16(18)20)11-14-21-13-7-10-15-8-5-4-6-9-15/h4-6,8-9,19H,3,7,10-14H2,1-2H3,(H2,18,20). The van der Waals surface area contributed by atoms with Crippen LogP contribution in [0.3, 0.4) is 0 Å². The van der Waals surface area contributed by atoms with Gasteiger partial charge in [-0.15, -0.1) is 0 Å². The molecule has 0 heterocycles. The molecule has 1 rings (SSSR count). The molecule has 4 heteroatoms. The molecule has 0 saturated carbocycles. The first-order valence-electron chi connectivity index (χ1n) is 7.75. The molecular weight excluding hydrogens is 264 g/mol. The lowest BCUT2D eigenvalue weighted by Gasteiger charge is -2.27. The Labute approximate surface area is 128 Å². The van der Waals surface area contributed by atoms with Crippen LogP contribution in [0.1, 0.15) is 38.7 Å². The normalized spacial score (nSPS) is 13.8. The third kappa shape index (κ3) is 6.74. The summed E-state index contributed by atoms with van der Waals surface area (Å²) in [4.78, 5) is 11.5. The molecule has 4 nitrogen and oxygen atoms in total. The summed E-state index contributed by atoms with van der Waals surface area (Å²) in [6.45, 7) is 5.95. The van der Waals surface area contributed by atoms with Crippen molar-refractivity contribution < 1.29 is 9.53 Å². The molecule has 1 atom stereocenters. The highest BCUT2D eigenvalue weighted by Crippen LogP contribution is 2.10. The monoisotopic (exact) mass is 292 g/mol. The first-order valence-corrected chi connectivity index (χ1v) is 7.75. The van der Waals surface area contributed by atoms with Gasteiger partial charge in [0.05, 0.1) is 5.54 Å². The van der Waals surface area contributed by atoms with Crippen molar-refractivity contribution >= 4 is 5.91 Å². The number of hydrogen-bond acceptors (Lipinski definition) is 3. The minimum absolute atomic E-state index is 0.316. The predicted molar refractivity (Wildman–Crippen MR) is 86.1 cm³/mol. The van der Waals surface area contributed by atoms with Crippen molar-refractivity contribution in [3.05, 3.63) is 35.9 Å². The molecular formula is C17H28N2O2. The maximum atomic E-state index is 11.5. The Hall–Kier alpha value is -1.39. The Kier molecular flexibility index (Phi) is 8.01. The first kappa shape index (κ1) is 17.7. The number of nitrogens with one attached hydrogen (secondary N) is 1. The molecule has 118 valence electrons. The fourth-order valence-corrected chi connectivity index (χ4v) is 2.10. The number of amides is 1. The summed E-state index contributed by atoms with van der Waals surface area (Å²) < 4.78 is 5.63. The zero-order chi connectivity index (χ0) is 15.6. The Morgan fingerprint density at radius 3 is 2.62 bits per heavy atom. The maximum Gasteiger partial charge on any atom is 0.237 e. The molecule has 0 aliphatic carbocycles. The zero-order valence-corrected chi connectivity index (χ0v) is 13.2. The van der Waals surface area contributed by atoms with Crippen molar-refractivity contribution in [1.82, 2.24) is 5.32 Å². The molecule has 1 aromatic carbocycles. The molecule has 0 aliphatic heterocycles. The number of rotatable bonds is 11. The van der Waals surface area contributed by atoms with Gasteiger partial charge >= 0.3 is 0 Å². The molecule has 0 spiro atoms. The third-order valence-electron chi connectivity index (χ3n) is 3.65. The molecule has 0 aromatic heterocycles. The van der Waals surface area contributed by atoms with Crippen LogP contribution in [0.5, 0.6) is 0 Å². The van der Waals surface area contributed by atoms with Gasteiger partial charge in [-0.05, 0) is 44.7 Å². The Balaban J connectivity index is 2.18. The molecule has 1 unspecified atom stereocenters. The van der Waals surface area contributed by atoms with Gasteiger partial charge in [-0.3, -0.25) is 4.79 Å². The van der Waals surface area contributed by atoms with E-state index in [4.69, 9.17) is 10.5 Å². The average Bonchev–Trinajstić information content (AvgIpc) is 2.49. The number of carbonyl (C=O) groups excluding carboxylic acids is 1. The Morgan fingerprint density at radius 2 is 2.00 bits per heavy atom. The van der Waals surface area contributed by atoms with E-state index in [0.717, 1.165) is 25.8 Å². The largest absolute Gasteiger partial charge is 0.381 e. The van der Waals surface area contributed by atoms with Crippen LogP contribution >= 0.6 is 0 Å². The summed E-state index contributed by atoms with van der Waals surface area (Å²) in [5.74, 6) is -0.316.